The van der Waals surface area contributed by atoms with Crippen molar-refractivity contribution in [3.8, 4) is 0 Å². The van der Waals surface area contributed by atoms with Crippen LogP contribution in [0.2, 0.25) is 0 Å². The number of hydrogen-bond acceptors (Lipinski definition) is 2. The third kappa shape index (κ3) is 3.38. The molecule has 0 atom stereocenters. The number of fused-ring (bicyclic) bond motifs is 1. The highest BCUT2D eigenvalue weighted by Gasteiger charge is 2.32. The molecule has 0 spiro atoms. The Labute approximate surface area is 170 Å². The predicted octanol–water partition coefficient (Wildman–Crippen LogP) is 3.03. The number of rotatable bonds is 4. The van der Waals surface area contributed by atoms with E-state index in [-0.39, 0.29) is 5.91 Å². The second-order valence-corrected chi connectivity index (χ2v) is 9.15. The summed E-state index contributed by atoms with van der Waals surface area (Å²) >= 11 is 1.72. The van der Waals surface area contributed by atoms with Crippen LogP contribution in [0.3, 0.4) is 0 Å². The molecule has 2 aromatic heterocycles. The van der Waals surface area contributed by atoms with Crippen molar-refractivity contribution >= 4 is 27.5 Å². The van der Waals surface area contributed by atoms with Crippen molar-refractivity contribution in [2.45, 2.75) is 38.3 Å². The van der Waals surface area contributed by atoms with E-state index in [4.69, 9.17) is 0 Å². The zero-order chi connectivity index (χ0) is 18.9. The van der Waals surface area contributed by atoms with E-state index < -0.39 is 0 Å². The monoisotopic (exact) mass is 394 g/mol. The Balaban J connectivity index is 1.36. The standard InChI is InChI=1S/C23H27N3OS/c27-23(25-13-11-24(12-14-25)19-8-4-5-9-19)21-16-22-20(10-15-28-22)26(21)17-18-6-2-1-3-7-18/h1-3,6-7,10,15-16,19H,4-5,8-9,11-14,17H2/p+1. The Bertz CT molecular complexity index is 947. The lowest BCUT2D eigenvalue weighted by Crippen LogP contribution is -3.18. The lowest BCUT2D eigenvalue weighted by atomic mass is 10.1. The Morgan fingerprint density at radius 3 is 2.57 bits per heavy atom. The van der Waals surface area contributed by atoms with E-state index in [1.54, 1.807) is 16.2 Å². The van der Waals surface area contributed by atoms with Gasteiger partial charge in [-0.25, -0.2) is 0 Å². The van der Waals surface area contributed by atoms with Crippen LogP contribution in [0.5, 0.6) is 0 Å². The molecule has 3 heterocycles. The van der Waals surface area contributed by atoms with Gasteiger partial charge >= 0.3 is 0 Å². The Hall–Kier alpha value is -2.11. The average Bonchev–Trinajstić information content (AvgIpc) is 3.48. The zero-order valence-electron chi connectivity index (χ0n) is 16.3. The molecule has 2 fully saturated rings. The summed E-state index contributed by atoms with van der Waals surface area (Å²) in [6, 6.07) is 15.5. The van der Waals surface area contributed by atoms with Crippen molar-refractivity contribution in [3.63, 3.8) is 0 Å². The molecule has 4 nitrogen and oxygen atoms in total. The lowest BCUT2D eigenvalue weighted by molar-refractivity contribution is -0.928. The van der Waals surface area contributed by atoms with Crippen molar-refractivity contribution in [1.29, 1.82) is 0 Å². The molecule has 1 N–H and O–H groups in total. The van der Waals surface area contributed by atoms with Crippen LogP contribution in [0.1, 0.15) is 41.7 Å². The molecule has 146 valence electrons. The van der Waals surface area contributed by atoms with Gasteiger partial charge in [0.15, 0.2) is 0 Å². The average molecular weight is 395 g/mol. The van der Waals surface area contributed by atoms with Crippen LogP contribution in [-0.2, 0) is 6.54 Å². The first-order valence-corrected chi connectivity index (χ1v) is 11.4. The molecule has 2 aliphatic rings. The van der Waals surface area contributed by atoms with Gasteiger partial charge in [-0.2, -0.15) is 0 Å². The molecule has 3 aromatic rings. The second kappa shape index (κ2) is 7.72. The molecule has 5 heteroatoms. The number of thiophene rings is 1. The molecule has 1 saturated carbocycles. The van der Waals surface area contributed by atoms with Crippen molar-refractivity contribution in [2.24, 2.45) is 0 Å². The topological polar surface area (TPSA) is 29.7 Å². The van der Waals surface area contributed by atoms with Gasteiger partial charge in [-0.05, 0) is 48.8 Å². The maximum Gasteiger partial charge on any atom is 0.270 e. The molecule has 5 rings (SSSR count). The lowest BCUT2D eigenvalue weighted by Gasteiger charge is -2.35. The summed E-state index contributed by atoms with van der Waals surface area (Å²) in [5.41, 5.74) is 3.25. The number of nitrogens with zero attached hydrogens (tertiary/aromatic N) is 2. The molecule has 28 heavy (non-hydrogen) atoms. The van der Waals surface area contributed by atoms with Crippen LogP contribution in [0.25, 0.3) is 10.2 Å². The molecule has 1 aliphatic carbocycles. The van der Waals surface area contributed by atoms with Gasteiger partial charge in [0.1, 0.15) is 5.69 Å². The van der Waals surface area contributed by atoms with E-state index >= 15 is 0 Å². The maximum absolute atomic E-state index is 13.4. The third-order valence-electron chi connectivity index (χ3n) is 6.55. The van der Waals surface area contributed by atoms with Crippen molar-refractivity contribution in [1.82, 2.24) is 9.47 Å². The summed E-state index contributed by atoms with van der Waals surface area (Å²) in [7, 11) is 0. The van der Waals surface area contributed by atoms with Gasteiger partial charge in [-0.15, -0.1) is 11.3 Å². The van der Waals surface area contributed by atoms with E-state index in [1.807, 2.05) is 6.07 Å². The van der Waals surface area contributed by atoms with Crippen molar-refractivity contribution in [3.05, 3.63) is 59.1 Å². The molecule has 1 aromatic carbocycles. The normalized spacial score (nSPS) is 18.9. The van der Waals surface area contributed by atoms with Gasteiger partial charge < -0.3 is 14.4 Å². The Kier molecular flexibility index (Phi) is 4.95. The minimum Gasteiger partial charge on any atom is -0.331 e. The molecular weight excluding hydrogens is 366 g/mol. The minimum atomic E-state index is 0.199. The minimum absolute atomic E-state index is 0.199. The van der Waals surface area contributed by atoms with Crippen LogP contribution in [0, 0.1) is 0 Å². The fraction of sp³-hybridized carbons (Fsp3) is 0.435. The van der Waals surface area contributed by atoms with Gasteiger partial charge in [0.05, 0.1) is 42.4 Å². The summed E-state index contributed by atoms with van der Waals surface area (Å²) in [6.45, 7) is 4.72. The molecule has 0 unspecified atom stereocenters. The van der Waals surface area contributed by atoms with E-state index in [1.165, 1.54) is 41.5 Å². The van der Waals surface area contributed by atoms with E-state index in [2.05, 4.69) is 51.2 Å². The number of amides is 1. The van der Waals surface area contributed by atoms with Crippen LogP contribution in [0.4, 0.5) is 0 Å². The highest BCUT2D eigenvalue weighted by molar-refractivity contribution is 7.17. The molecule has 0 bridgehead atoms. The smallest absolute Gasteiger partial charge is 0.270 e. The maximum atomic E-state index is 13.4. The summed E-state index contributed by atoms with van der Waals surface area (Å²) in [5.74, 6) is 0.199. The highest BCUT2D eigenvalue weighted by atomic mass is 32.1. The molecule has 0 radical (unpaired) electrons. The van der Waals surface area contributed by atoms with Crippen molar-refractivity contribution < 1.29 is 9.69 Å². The first-order chi connectivity index (χ1) is 13.8. The summed E-state index contributed by atoms with van der Waals surface area (Å²) in [4.78, 5) is 17.2. The molecule has 1 aliphatic heterocycles. The van der Waals surface area contributed by atoms with Crippen LogP contribution < -0.4 is 4.90 Å². The SMILES string of the molecule is O=C(c1cc2sccc2n1Cc1ccccc1)N1CC[NH+](C2CCCC2)CC1. The van der Waals surface area contributed by atoms with Gasteiger partial charge in [0, 0.05) is 6.54 Å². The largest absolute Gasteiger partial charge is 0.331 e. The number of aromatic nitrogens is 1. The zero-order valence-corrected chi connectivity index (χ0v) is 17.1. The quantitative estimate of drug-likeness (QED) is 0.724. The molecular formula is C23H28N3OS+. The number of nitrogens with one attached hydrogen (secondary N) is 1. The van der Waals surface area contributed by atoms with E-state index in [0.29, 0.717) is 0 Å². The number of piperazine rings is 1. The van der Waals surface area contributed by atoms with E-state index in [0.717, 1.165) is 44.5 Å². The first-order valence-electron chi connectivity index (χ1n) is 10.5. The van der Waals surface area contributed by atoms with Crippen molar-refractivity contribution in [2.75, 3.05) is 26.2 Å². The highest BCUT2D eigenvalue weighted by Crippen LogP contribution is 2.27. The first kappa shape index (κ1) is 18.0. The van der Waals surface area contributed by atoms with Gasteiger partial charge in [-0.1, -0.05) is 30.3 Å². The summed E-state index contributed by atoms with van der Waals surface area (Å²) < 4.78 is 3.41. The number of hydrogen-bond donors (Lipinski definition) is 1. The van der Waals surface area contributed by atoms with Crippen LogP contribution >= 0.6 is 11.3 Å². The second-order valence-electron chi connectivity index (χ2n) is 8.20. The third-order valence-corrected chi connectivity index (χ3v) is 7.40. The van der Waals surface area contributed by atoms with Gasteiger partial charge in [0.25, 0.3) is 5.91 Å². The summed E-state index contributed by atoms with van der Waals surface area (Å²) in [6.07, 6.45) is 5.53. The van der Waals surface area contributed by atoms with Crippen LogP contribution in [0.15, 0.2) is 47.8 Å². The fourth-order valence-corrected chi connectivity index (χ4v) is 5.81. The molecule has 1 saturated heterocycles. The Morgan fingerprint density at radius 1 is 1.07 bits per heavy atom. The van der Waals surface area contributed by atoms with Gasteiger partial charge in [-0.3, -0.25) is 4.79 Å². The summed E-state index contributed by atoms with van der Waals surface area (Å²) in [5, 5.41) is 2.12. The van der Waals surface area contributed by atoms with E-state index in [9.17, 15) is 4.79 Å². The van der Waals surface area contributed by atoms with Gasteiger partial charge in [0.2, 0.25) is 0 Å². The number of quaternary nitrogens is 1. The van der Waals surface area contributed by atoms with Crippen LogP contribution in [-0.4, -0.2) is 47.6 Å². The number of benzene rings is 1. The number of carbonyl (C=O) groups is 1. The molecule has 1 amide bonds. The Morgan fingerprint density at radius 2 is 1.82 bits per heavy atom. The predicted molar refractivity (Wildman–Crippen MR) is 114 cm³/mol. The fourth-order valence-electron chi connectivity index (χ4n) is 4.99. The number of carbonyl (C=O) groups excluding carboxylic acids is 1.